The Kier molecular flexibility index (Phi) is 5.08. The van der Waals surface area contributed by atoms with Gasteiger partial charge >= 0.3 is 0 Å². The number of hydrogen-bond acceptors (Lipinski definition) is 0. The summed E-state index contributed by atoms with van der Waals surface area (Å²) in [5, 5.41) is 0. The maximum Gasteiger partial charge on any atom is 0.0106 e. The molecule has 2 aromatic rings. The van der Waals surface area contributed by atoms with Gasteiger partial charge in [-0.3, -0.25) is 0 Å². The second-order valence-corrected chi connectivity index (χ2v) is 4.80. The highest BCUT2D eigenvalue weighted by atomic mass is 14.9. The van der Waals surface area contributed by atoms with Crippen molar-refractivity contribution in [2.24, 2.45) is 14.1 Å². The Morgan fingerprint density at radius 3 is 1.82 bits per heavy atom. The van der Waals surface area contributed by atoms with Crippen molar-refractivity contribution in [3.8, 4) is 0 Å². The lowest BCUT2D eigenvalue weighted by molar-refractivity contribution is 0.849. The topological polar surface area (TPSA) is 9.86 Å². The van der Waals surface area contributed by atoms with Crippen LogP contribution in [0.15, 0.2) is 36.9 Å². The molecule has 0 radical (unpaired) electrons. The summed E-state index contributed by atoms with van der Waals surface area (Å²) in [5.41, 5.74) is 2.82. The van der Waals surface area contributed by atoms with E-state index in [9.17, 15) is 0 Å². The van der Waals surface area contributed by atoms with Crippen molar-refractivity contribution in [1.82, 2.24) is 9.13 Å². The van der Waals surface area contributed by atoms with E-state index in [1.165, 1.54) is 11.1 Å². The standard InChI is InChI=1S/C8H13N.C7H11N/c1-7(2)8-4-5-9(3)6-8;1-3-7-4-5-8(2)6-7/h4-7H,1-3H3;4-6H,3H2,1-2H3. The van der Waals surface area contributed by atoms with Gasteiger partial charge in [-0.05, 0) is 35.6 Å². The van der Waals surface area contributed by atoms with Gasteiger partial charge in [0.1, 0.15) is 0 Å². The minimum absolute atomic E-state index is 0.659. The van der Waals surface area contributed by atoms with Crippen LogP contribution in [0.5, 0.6) is 0 Å². The molecule has 0 saturated heterocycles. The summed E-state index contributed by atoms with van der Waals surface area (Å²) in [6, 6.07) is 4.30. The van der Waals surface area contributed by atoms with Gasteiger partial charge in [-0.1, -0.05) is 20.8 Å². The molecule has 0 atom stereocenters. The number of aromatic nitrogens is 2. The van der Waals surface area contributed by atoms with Gasteiger partial charge in [-0.15, -0.1) is 0 Å². The predicted molar refractivity (Wildman–Crippen MR) is 74.3 cm³/mol. The van der Waals surface area contributed by atoms with Gasteiger partial charge in [-0.2, -0.15) is 0 Å². The zero-order valence-corrected chi connectivity index (χ0v) is 11.6. The molecule has 0 aliphatic carbocycles. The summed E-state index contributed by atoms with van der Waals surface area (Å²) in [6.45, 7) is 6.57. The molecule has 2 rings (SSSR count). The van der Waals surface area contributed by atoms with Gasteiger partial charge in [0.15, 0.2) is 0 Å². The number of nitrogens with zero attached hydrogens (tertiary/aromatic N) is 2. The predicted octanol–water partition coefficient (Wildman–Crippen LogP) is 3.74. The molecule has 2 heteroatoms. The van der Waals surface area contributed by atoms with Crippen LogP contribution in [-0.4, -0.2) is 9.13 Å². The molecule has 0 saturated carbocycles. The Hall–Kier alpha value is -1.44. The molecule has 17 heavy (non-hydrogen) atoms. The molecule has 0 spiro atoms. The zero-order valence-electron chi connectivity index (χ0n) is 11.6. The normalized spacial score (nSPS) is 10.2. The number of rotatable bonds is 2. The van der Waals surface area contributed by atoms with E-state index in [1.54, 1.807) is 0 Å². The van der Waals surface area contributed by atoms with E-state index < -0.39 is 0 Å². The monoisotopic (exact) mass is 232 g/mol. The Labute approximate surface area is 105 Å². The fourth-order valence-corrected chi connectivity index (χ4v) is 1.64. The molecule has 0 fully saturated rings. The summed E-state index contributed by atoms with van der Waals surface area (Å²) >= 11 is 0. The molecular weight excluding hydrogens is 208 g/mol. The molecule has 94 valence electrons. The fraction of sp³-hybridized carbons (Fsp3) is 0.467. The quantitative estimate of drug-likeness (QED) is 0.746. The van der Waals surface area contributed by atoms with Gasteiger partial charge < -0.3 is 9.13 Å². The second-order valence-electron chi connectivity index (χ2n) is 4.80. The van der Waals surface area contributed by atoms with E-state index in [0.29, 0.717) is 5.92 Å². The summed E-state index contributed by atoms with van der Waals surface area (Å²) in [5.74, 6) is 0.659. The first-order valence-electron chi connectivity index (χ1n) is 6.25. The maximum atomic E-state index is 2.20. The van der Waals surface area contributed by atoms with Gasteiger partial charge in [-0.25, -0.2) is 0 Å². The lowest BCUT2D eigenvalue weighted by Crippen LogP contribution is -1.83. The van der Waals surface area contributed by atoms with E-state index in [2.05, 4.69) is 66.8 Å². The highest BCUT2D eigenvalue weighted by Crippen LogP contribution is 2.12. The van der Waals surface area contributed by atoms with Crippen LogP contribution in [-0.2, 0) is 20.5 Å². The minimum atomic E-state index is 0.659. The summed E-state index contributed by atoms with van der Waals surface area (Å²) in [6.07, 6.45) is 9.58. The van der Waals surface area contributed by atoms with Crippen molar-refractivity contribution in [2.45, 2.75) is 33.1 Å². The smallest absolute Gasteiger partial charge is 0.0106 e. The van der Waals surface area contributed by atoms with Gasteiger partial charge in [0.2, 0.25) is 0 Å². The number of hydrogen-bond donors (Lipinski definition) is 0. The van der Waals surface area contributed by atoms with Crippen molar-refractivity contribution in [3.05, 3.63) is 48.0 Å². The average molecular weight is 232 g/mol. The van der Waals surface area contributed by atoms with Crippen LogP contribution in [0.1, 0.15) is 37.8 Å². The highest BCUT2D eigenvalue weighted by Gasteiger charge is 1.97. The first kappa shape index (κ1) is 13.6. The molecule has 0 aliphatic rings. The SMILES string of the molecule is CC(C)c1ccn(C)c1.CCc1ccn(C)c1. The first-order chi connectivity index (χ1) is 8.02. The highest BCUT2D eigenvalue weighted by molar-refractivity contribution is 5.13. The molecule has 0 amide bonds. The van der Waals surface area contributed by atoms with E-state index >= 15 is 0 Å². The fourth-order valence-electron chi connectivity index (χ4n) is 1.64. The Balaban J connectivity index is 0.000000171. The lowest BCUT2D eigenvalue weighted by atomic mass is 10.1. The van der Waals surface area contributed by atoms with E-state index in [0.717, 1.165) is 6.42 Å². The molecule has 2 heterocycles. The minimum Gasteiger partial charge on any atom is -0.357 e. The third kappa shape index (κ3) is 4.51. The number of aryl methyl sites for hydroxylation is 3. The molecular formula is C15H24N2. The van der Waals surface area contributed by atoms with Crippen LogP contribution < -0.4 is 0 Å². The lowest BCUT2D eigenvalue weighted by Gasteiger charge is -1.97. The molecule has 2 nitrogen and oxygen atoms in total. The van der Waals surface area contributed by atoms with Crippen molar-refractivity contribution in [2.75, 3.05) is 0 Å². The summed E-state index contributed by atoms with van der Waals surface area (Å²) < 4.78 is 4.15. The van der Waals surface area contributed by atoms with E-state index in [-0.39, 0.29) is 0 Å². The van der Waals surface area contributed by atoms with Crippen LogP contribution >= 0.6 is 0 Å². The van der Waals surface area contributed by atoms with Crippen LogP contribution in [0.3, 0.4) is 0 Å². The van der Waals surface area contributed by atoms with Crippen molar-refractivity contribution >= 4 is 0 Å². The molecule has 0 N–H and O–H groups in total. The molecule has 0 bridgehead atoms. The average Bonchev–Trinajstić information content (AvgIpc) is 2.88. The molecule has 0 unspecified atom stereocenters. The van der Waals surface area contributed by atoms with Gasteiger partial charge in [0, 0.05) is 38.9 Å². The van der Waals surface area contributed by atoms with E-state index in [1.807, 2.05) is 14.1 Å². The van der Waals surface area contributed by atoms with Gasteiger partial charge in [0.05, 0.1) is 0 Å². The van der Waals surface area contributed by atoms with Crippen molar-refractivity contribution in [1.29, 1.82) is 0 Å². The zero-order chi connectivity index (χ0) is 12.8. The van der Waals surface area contributed by atoms with Crippen LogP contribution in [0, 0.1) is 0 Å². The van der Waals surface area contributed by atoms with Crippen molar-refractivity contribution in [3.63, 3.8) is 0 Å². The largest absolute Gasteiger partial charge is 0.357 e. The Morgan fingerprint density at radius 1 is 1.00 bits per heavy atom. The third-order valence-corrected chi connectivity index (χ3v) is 2.82. The molecule has 0 aliphatic heterocycles. The van der Waals surface area contributed by atoms with Crippen molar-refractivity contribution < 1.29 is 0 Å². The molecule has 2 aromatic heterocycles. The van der Waals surface area contributed by atoms with Crippen LogP contribution in [0.4, 0.5) is 0 Å². The first-order valence-corrected chi connectivity index (χ1v) is 6.25. The maximum absolute atomic E-state index is 2.20. The van der Waals surface area contributed by atoms with E-state index in [4.69, 9.17) is 0 Å². The van der Waals surface area contributed by atoms with Crippen LogP contribution in [0.25, 0.3) is 0 Å². The Morgan fingerprint density at radius 2 is 1.59 bits per heavy atom. The summed E-state index contributed by atoms with van der Waals surface area (Å²) in [7, 11) is 4.09. The van der Waals surface area contributed by atoms with Gasteiger partial charge in [0.25, 0.3) is 0 Å². The summed E-state index contributed by atoms with van der Waals surface area (Å²) in [4.78, 5) is 0. The molecule has 0 aromatic carbocycles. The van der Waals surface area contributed by atoms with Crippen LogP contribution in [0.2, 0.25) is 0 Å². The third-order valence-electron chi connectivity index (χ3n) is 2.82. The Bertz CT molecular complexity index is 435. The second kappa shape index (κ2) is 6.33.